The minimum Gasteiger partial charge on any atom is -0.464 e. The quantitative estimate of drug-likeness (QED) is 0.256. The van der Waals surface area contributed by atoms with Crippen LogP contribution in [0.15, 0.2) is 74.5 Å². The van der Waals surface area contributed by atoms with Gasteiger partial charge in [0.2, 0.25) is 0 Å². The van der Waals surface area contributed by atoms with Crippen LogP contribution in [0.5, 0.6) is 0 Å². The lowest BCUT2D eigenvalue weighted by atomic mass is 10.1. The Bertz CT molecular complexity index is 1280. The molecule has 0 radical (unpaired) electrons. The van der Waals surface area contributed by atoms with Gasteiger partial charge in [-0.2, -0.15) is 0 Å². The van der Waals surface area contributed by atoms with Crippen molar-refractivity contribution in [2.24, 2.45) is 0 Å². The summed E-state index contributed by atoms with van der Waals surface area (Å²) in [6.07, 6.45) is 4.56. The van der Waals surface area contributed by atoms with E-state index in [1.54, 1.807) is 18.4 Å². The van der Waals surface area contributed by atoms with Crippen LogP contribution in [0.1, 0.15) is 30.0 Å². The van der Waals surface area contributed by atoms with Crippen LogP contribution in [0.2, 0.25) is 0 Å². The maximum Gasteiger partial charge on any atom is 0.347 e. The van der Waals surface area contributed by atoms with Gasteiger partial charge in [-0.3, -0.25) is 4.79 Å². The van der Waals surface area contributed by atoms with E-state index in [9.17, 15) is 9.59 Å². The van der Waals surface area contributed by atoms with Gasteiger partial charge in [-0.15, -0.1) is 0 Å². The molecular weight excluding hydrogens is 366 g/mol. The second-order valence-corrected chi connectivity index (χ2v) is 6.73. The summed E-state index contributed by atoms with van der Waals surface area (Å²) in [7, 11) is 0. The predicted octanol–water partition coefficient (Wildman–Crippen LogP) is 5.28. The number of hydrogen-bond donors (Lipinski definition) is 0. The topological polar surface area (TPSA) is 63.7 Å². The molecule has 5 heteroatoms. The highest BCUT2D eigenvalue weighted by Gasteiger charge is 2.13. The molecule has 146 valence electrons. The number of benzene rings is 2. The maximum absolute atomic E-state index is 12.6. The van der Waals surface area contributed by atoms with E-state index in [-0.39, 0.29) is 5.56 Å². The smallest absolute Gasteiger partial charge is 0.347 e. The molecule has 0 aliphatic carbocycles. The zero-order chi connectivity index (χ0) is 20.4. The van der Waals surface area contributed by atoms with Crippen molar-refractivity contribution >= 4 is 39.3 Å². The van der Waals surface area contributed by atoms with Crippen molar-refractivity contribution in [3.05, 3.63) is 82.6 Å². The molecule has 0 aliphatic rings. The van der Waals surface area contributed by atoms with Crippen molar-refractivity contribution in [3.8, 4) is 0 Å². The summed E-state index contributed by atoms with van der Waals surface area (Å²) in [6, 6.07) is 14.9. The van der Waals surface area contributed by atoms with Gasteiger partial charge in [-0.25, -0.2) is 4.79 Å². The second-order valence-electron chi connectivity index (χ2n) is 6.73. The first-order valence-corrected chi connectivity index (χ1v) is 9.62. The Hall–Kier alpha value is -3.60. The lowest BCUT2D eigenvalue weighted by Gasteiger charge is -2.20. The van der Waals surface area contributed by atoms with Gasteiger partial charge in [-0.05, 0) is 44.2 Å². The first-order chi connectivity index (χ1) is 14.1. The Balaban J connectivity index is 1.66. The number of fused-ring (bicyclic) bond motifs is 2. The molecule has 0 N–H and O–H groups in total. The van der Waals surface area contributed by atoms with Gasteiger partial charge < -0.3 is 13.7 Å². The fourth-order valence-electron chi connectivity index (χ4n) is 3.44. The van der Waals surface area contributed by atoms with Gasteiger partial charge in [0.1, 0.15) is 16.9 Å². The second kappa shape index (κ2) is 7.80. The van der Waals surface area contributed by atoms with Gasteiger partial charge in [0.05, 0.1) is 6.26 Å². The first-order valence-electron chi connectivity index (χ1n) is 9.62. The van der Waals surface area contributed by atoms with Gasteiger partial charge in [0, 0.05) is 41.0 Å². The molecule has 0 aliphatic heterocycles. The molecule has 0 bridgehead atoms. The van der Waals surface area contributed by atoms with Crippen molar-refractivity contribution in [3.63, 3.8) is 0 Å². The standard InChI is InChI=1S/C24H21NO4/c1-3-25(4-2)18-10-9-16-13-20(24(27)29-23(16)14-18)21(26)11-12-22-19-8-6-5-7-17(19)15-28-22/h5-15H,3-4H2,1-2H3. The van der Waals surface area contributed by atoms with Crippen molar-refractivity contribution in [2.45, 2.75) is 13.8 Å². The number of ketones is 1. The van der Waals surface area contributed by atoms with Crippen LogP contribution in [0, 0.1) is 0 Å². The van der Waals surface area contributed by atoms with Crippen LogP contribution in [0.25, 0.3) is 27.8 Å². The minimum atomic E-state index is -0.645. The Kier molecular flexibility index (Phi) is 5.04. The zero-order valence-corrected chi connectivity index (χ0v) is 16.3. The number of nitrogens with zero attached hydrogens (tertiary/aromatic N) is 1. The molecule has 0 saturated carbocycles. The molecule has 2 aromatic heterocycles. The monoisotopic (exact) mass is 387 g/mol. The average molecular weight is 387 g/mol. The van der Waals surface area contributed by atoms with E-state index in [0.717, 1.165) is 29.5 Å². The largest absolute Gasteiger partial charge is 0.464 e. The Morgan fingerprint density at radius 3 is 2.62 bits per heavy atom. The van der Waals surface area contributed by atoms with Crippen LogP contribution < -0.4 is 10.5 Å². The summed E-state index contributed by atoms with van der Waals surface area (Å²) in [5.41, 5.74) is 0.805. The van der Waals surface area contributed by atoms with Gasteiger partial charge in [0.15, 0.2) is 5.78 Å². The van der Waals surface area contributed by atoms with Crippen molar-refractivity contribution in [1.29, 1.82) is 0 Å². The number of hydrogen-bond acceptors (Lipinski definition) is 5. The van der Waals surface area contributed by atoms with Crippen LogP contribution in [0.3, 0.4) is 0 Å². The van der Waals surface area contributed by atoms with Crippen molar-refractivity contribution in [1.82, 2.24) is 0 Å². The lowest BCUT2D eigenvalue weighted by Crippen LogP contribution is -2.21. The molecule has 29 heavy (non-hydrogen) atoms. The van der Waals surface area contributed by atoms with Crippen molar-refractivity contribution in [2.75, 3.05) is 18.0 Å². The molecule has 4 rings (SSSR count). The van der Waals surface area contributed by atoms with E-state index in [1.165, 1.54) is 6.08 Å². The molecule has 0 unspecified atom stereocenters. The third kappa shape index (κ3) is 3.59. The first kappa shape index (κ1) is 18.7. The van der Waals surface area contributed by atoms with Crippen molar-refractivity contribution < 1.29 is 13.6 Å². The summed E-state index contributed by atoms with van der Waals surface area (Å²) in [5, 5.41) is 2.57. The molecule has 0 fully saturated rings. The highest BCUT2D eigenvalue weighted by molar-refractivity contribution is 6.08. The molecule has 0 atom stereocenters. The van der Waals surface area contributed by atoms with E-state index >= 15 is 0 Å². The Morgan fingerprint density at radius 1 is 1.03 bits per heavy atom. The predicted molar refractivity (Wildman–Crippen MR) is 116 cm³/mol. The average Bonchev–Trinajstić information content (AvgIpc) is 3.15. The summed E-state index contributed by atoms with van der Waals surface area (Å²) in [6.45, 7) is 5.85. The summed E-state index contributed by atoms with van der Waals surface area (Å²) in [5.74, 6) is 0.150. The number of furan rings is 1. The lowest BCUT2D eigenvalue weighted by molar-refractivity contribution is 0.104. The van der Waals surface area contributed by atoms with E-state index < -0.39 is 11.4 Å². The molecule has 2 heterocycles. The fraction of sp³-hybridized carbons (Fsp3) is 0.167. The Morgan fingerprint density at radius 2 is 1.83 bits per heavy atom. The molecule has 4 aromatic rings. The summed E-state index contributed by atoms with van der Waals surface area (Å²) in [4.78, 5) is 27.2. The summed E-state index contributed by atoms with van der Waals surface area (Å²) >= 11 is 0. The van der Waals surface area contributed by atoms with Crippen LogP contribution in [-0.2, 0) is 0 Å². The molecule has 0 spiro atoms. The third-order valence-corrected chi connectivity index (χ3v) is 5.04. The van der Waals surface area contributed by atoms with Gasteiger partial charge >= 0.3 is 5.63 Å². The minimum absolute atomic E-state index is 0.000186. The number of anilines is 1. The Labute approximate surface area is 167 Å². The van der Waals surface area contributed by atoms with Crippen LogP contribution in [-0.4, -0.2) is 18.9 Å². The zero-order valence-electron chi connectivity index (χ0n) is 16.3. The SMILES string of the molecule is CCN(CC)c1ccc2cc(C(=O)C=Cc3occ4ccccc34)c(=O)oc2c1. The molecule has 2 aromatic carbocycles. The number of allylic oxidation sites excluding steroid dienone is 1. The molecular formula is C24H21NO4. The van der Waals surface area contributed by atoms with E-state index in [0.29, 0.717) is 16.7 Å². The highest BCUT2D eigenvalue weighted by atomic mass is 16.4. The highest BCUT2D eigenvalue weighted by Crippen LogP contribution is 2.23. The molecule has 0 saturated heterocycles. The molecule has 5 nitrogen and oxygen atoms in total. The van der Waals surface area contributed by atoms with Crippen LogP contribution in [0.4, 0.5) is 5.69 Å². The maximum atomic E-state index is 12.6. The van der Waals surface area contributed by atoms with E-state index in [2.05, 4.69) is 18.7 Å². The number of rotatable bonds is 6. The summed E-state index contributed by atoms with van der Waals surface area (Å²) < 4.78 is 11.0. The van der Waals surface area contributed by atoms with Gasteiger partial charge in [0.25, 0.3) is 0 Å². The van der Waals surface area contributed by atoms with E-state index in [4.69, 9.17) is 8.83 Å². The van der Waals surface area contributed by atoms with Gasteiger partial charge in [-0.1, -0.05) is 24.3 Å². The number of carbonyl (C=O) groups is 1. The molecule has 0 amide bonds. The third-order valence-electron chi connectivity index (χ3n) is 5.04. The van der Waals surface area contributed by atoms with E-state index in [1.807, 2.05) is 42.5 Å². The van der Waals surface area contributed by atoms with Crippen LogP contribution >= 0.6 is 0 Å². The normalized spacial score (nSPS) is 11.5. The number of carbonyl (C=O) groups excluding carboxylic acids is 1. The fourth-order valence-corrected chi connectivity index (χ4v) is 3.44.